The molecule has 0 saturated heterocycles. The fraction of sp³-hybridized carbons (Fsp3) is 0.370. The molecule has 0 spiro atoms. The van der Waals surface area contributed by atoms with Gasteiger partial charge in [0.25, 0.3) is 5.56 Å². The summed E-state index contributed by atoms with van der Waals surface area (Å²) in [5.74, 6) is 1.57. The lowest BCUT2D eigenvalue weighted by Gasteiger charge is -2.14. The van der Waals surface area contributed by atoms with Gasteiger partial charge in [-0.05, 0) is 69.0 Å². The highest BCUT2D eigenvalue weighted by Crippen LogP contribution is 2.31. The number of aromatic hydroxyl groups is 1. The number of benzene rings is 2. The molecule has 202 valence electrons. The van der Waals surface area contributed by atoms with Gasteiger partial charge in [-0.2, -0.15) is 0 Å². The maximum atomic E-state index is 13.1. The smallest absolute Gasteiger partial charge is 0.277 e. The van der Waals surface area contributed by atoms with Crippen LogP contribution < -0.4 is 15.0 Å². The van der Waals surface area contributed by atoms with Crippen molar-refractivity contribution in [3.05, 3.63) is 69.9 Å². The van der Waals surface area contributed by atoms with Crippen molar-refractivity contribution in [2.45, 2.75) is 57.8 Å². The Balaban J connectivity index is 1.73. The summed E-state index contributed by atoms with van der Waals surface area (Å²) >= 11 is 0. The van der Waals surface area contributed by atoms with Crippen molar-refractivity contribution in [2.75, 3.05) is 13.2 Å². The molecule has 4 rings (SSSR count). The molecule has 2 heterocycles. The molecular weight excluding hydrogens is 506 g/mol. The molecule has 0 unspecified atom stereocenters. The van der Waals surface area contributed by atoms with Gasteiger partial charge < -0.3 is 14.8 Å². The van der Waals surface area contributed by atoms with Crippen LogP contribution in [0.4, 0.5) is 0 Å². The third kappa shape index (κ3) is 5.58. The van der Waals surface area contributed by atoms with E-state index in [4.69, 9.17) is 9.84 Å². The Hall–Kier alpha value is -3.70. The van der Waals surface area contributed by atoms with Gasteiger partial charge in [0.05, 0.1) is 22.8 Å². The van der Waals surface area contributed by atoms with Crippen LogP contribution in [0.15, 0.2) is 52.2 Å². The lowest BCUT2D eigenvalue weighted by atomic mass is 10.0. The molecule has 0 amide bonds. The Morgan fingerprint density at radius 3 is 2.47 bits per heavy atom. The van der Waals surface area contributed by atoms with Crippen LogP contribution in [-0.4, -0.2) is 46.3 Å². The van der Waals surface area contributed by atoms with Crippen LogP contribution in [0, 0.1) is 6.92 Å². The number of phenols is 1. The number of imidazole rings is 1. The van der Waals surface area contributed by atoms with E-state index in [1.165, 1.54) is 12.1 Å². The summed E-state index contributed by atoms with van der Waals surface area (Å²) in [6, 6.07) is 11.1. The molecule has 0 aliphatic heterocycles. The summed E-state index contributed by atoms with van der Waals surface area (Å²) in [4.78, 5) is 20.6. The van der Waals surface area contributed by atoms with Crippen molar-refractivity contribution in [3.63, 3.8) is 0 Å². The predicted molar refractivity (Wildman–Crippen MR) is 145 cm³/mol. The lowest BCUT2D eigenvalue weighted by molar-refractivity contribution is 0.341. The molecule has 0 aliphatic carbocycles. The van der Waals surface area contributed by atoms with E-state index in [-0.39, 0.29) is 34.5 Å². The summed E-state index contributed by atoms with van der Waals surface area (Å²) in [6.07, 6.45) is 2.13. The Labute approximate surface area is 221 Å². The van der Waals surface area contributed by atoms with E-state index >= 15 is 0 Å². The van der Waals surface area contributed by atoms with Crippen LogP contribution in [0.5, 0.6) is 11.5 Å². The number of phenolic OH excluding ortho intramolecular Hbond substituents is 1. The monoisotopic (exact) mass is 539 g/mol. The summed E-state index contributed by atoms with van der Waals surface area (Å²) in [7, 11) is -3.87. The molecule has 11 heteroatoms. The quantitative estimate of drug-likeness (QED) is 0.263. The molecule has 2 aromatic heterocycles. The minimum Gasteiger partial charge on any atom is -0.508 e. The summed E-state index contributed by atoms with van der Waals surface area (Å²) in [6.45, 7) is 8.25. The van der Waals surface area contributed by atoms with Gasteiger partial charge in [-0.1, -0.05) is 26.0 Å². The maximum Gasteiger partial charge on any atom is 0.277 e. The van der Waals surface area contributed by atoms with Gasteiger partial charge in [0, 0.05) is 12.5 Å². The second kappa shape index (κ2) is 11.4. The van der Waals surface area contributed by atoms with Gasteiger partial charge >= 0.3 is 0 Å². The van der Waals surface area contributed by atoms with Gasteiger partial charge in [0.1, 0.15) is 17.3 Å². The molecule has 0 bridgehead atoms. The number of ether oxygens (including phenoxy) is 1. The van der Waals surface area contributed by atoms with Crippen LogP contribution >= 0.6 is 0 Å². The highest BCUT2D eigenvalue weighted by Gasteiger charge is 2.23. The summed E-state index contributed by atoms with van der Waals surface area (Å²) < 4.78 is 36.2. The van der Waals surface area contributed by atoms with Crippen molar-refractivity contribution in [1.82, 2.24) is 24.3 Å². The standard InChI is InChI=1S/C27H33N5O5S/c1-5-19(6-2)26-29-17(4)24-27(34)30-25(31-32(24)26)22-16-21(12-13-23(22)37-7-3)38(35,36)28-15-14-18-8-10-20(33)11-9-18/h8-13,16,19,28,33H,5-7,14-15H2,1-4H3,(H,30,31,34). The van der Waals surface area contributed by atoms with Gasteiger partial charge in [-0.25, -0.2) is 22.6 Å². The molecule has 0 aliphatic rings. The van der Waals surface area contributed by atoms with E-state index in [0.717, 1.165) is 18.4 Å². The largest absolute Gasteiger partial charge is 0.508 e. The molecule has 0 radical (unpaired) electrons. The van der Waals surface area contributed by atoms with Gasteiger partial charge in [0.15, 0.2) is 11.3 Å². The van der Waals surface area contributed by atoms with E-state index in [0.29, 0.717) is 41.4 Å². The Morgan fingerprint density at radius 1 is 1.11 bits per heavy atom. The second-order valence-electron chi connectivity index (χ2n) is 9.04. The molecule has 4 aromatic rings. The van der Waals surface area contributed by atoms with Gasteiger partial charge in [-0.3, -0.25) is 4.79 Å². The zero-order valence-corrected chi connectivity index (χ0v) is 22.8. The highest BCUT2D eigenvalue weighted by atomic mass is 32.2. The van der Waals surface area contributed by atoms with Crippen LogP contribution in [0.25, 0.3) is 16.9 Å². The third-order valence-electron chi connectivity index (χ3n) is 6.51. The van der Waals surface area contributed by atoms with E-state index in [1.54, 1.807) is 41.8 Å². The number of nitrogens with one attached hydrogen (secondary N) is 2. The van der Waals surface area contributed by atoms with Crippen molar-refractivity contribution in [2.24, 2.45) is 0 Å². The first-order valence-electron chi connectivity index (χ1n) is 12.7. The first-order valence-corrected chi connectivity index (χ1v) is 14.2. The number of aromatic amines is 1. The first kappa shape index (κ1) is 27.3. The summed E-state index contributed by atoms with van der Waals surface area (Å²) in [5.41, 5.74) is 1.84. The molecule has 3 N–H and O–H groups in total. The molecule has 0 fully saturated rings. The van der Waals surface area contributed by atoms with Gasteiger partial charge in [0.2, 0.25) is 10.0 Å². The zero-order chi connectivity index (χ0) is 27.4. The Bertz CT molecular complexity index is 1590. The minimum atomic E-state index is -3.87. The van der Waals surface area contributed by atoms with Crippen LogP contribution in [0.3, 0.4) is 0 Å². The fourth-order valence-corrected chi connectivity index (χ4v) is 5.51. The molecule has 0 atom stereocenters. The fourth-order valence-electron chi connectivity index (χ4n) is 4.45. The van der Waals surface area contributed by atoms with E-state index < -0.39 is 10.0 Å². The number of fused-ring (bicyclic) bond motifs is 1. The maximum absolute atomic E-state index is 13.1. The first-order chi connectivity index (χ1) is 18.2. The topological polar surface area (TPSA) is 139 Å². The highest BCUT2D eigenvalue weighted by molar-refractivity contribution is 7.89. The minimum absolute atomic E-state index is 0.0198. The number of hydrogen-bond acceptors (Lipinski definition) is 7. The predicted octanol–water partition coefficient (Wildman–Crippen LogP) is 3.92. The Morgan fingerprint density at radius 2 is 1.82 bits per heavy atom. The molecule has 0 saturated carbocycles. The number of aromatic nitrogens is 4. The van der Waals surface area contributed by atoms with Crippen molar-refractivity contribution in [3.8, 4) is 22.9 Å². The second-order valence-corrected chi connectivity index (χ2v) is 10.8. The van der Waals surface area contributed by atoms with E-state index in [2.05, 4.69) is 28.5 Å². The zero-order valence-electron chi connectivity index (χ0n) is 22.0. The van der Waals surface area contributed by atoms with Crippen molar-refractivity contribution in [1.29, 1.82) is 0 Å². The SMILES string of the molecule is CCOc1ccc(S(=O)(=O)NCCc2ccc(O)cc2)cc1-c1nn2c(C(CC)CC)nc(C)c2c(=O)[nH]1. The van der Waals surface area contributed by atoms with Crippen molar-refractivity contribution < 1.29 is 18.3 Å². The number of H-pyrrole nitrogens is 1. The average Bonchev–Trinajstić information content (AvgIpc) is 3.22. The number of sulfonamides is 1. The number of hydrogen-bond donors (Lipinski definition) is 3. The lowest BCUT2D eigenvalue weighted by Crippen LogP contribution is -2.26. The van der Waals surface area contributed by atoms with E-state index in [9.17, 15) is 18.3 Å². The number of rotatable bonds is 11. The Kier molecular flexibility index (Phi) is 8.17. The third-order valence-corrected chi connectivity index (χ3v) is 7.97. The average molecular weight is 540 g/mol. The van der Waals surface area contributed by atoms with E-state index in [1.807, 2.05) is 6.92 Å². The number of nitrogens with zero attached hydrogens (tertiary/aromatic N) is 3. The normalized spacial score (nSPS) is 11.9. The number of aryl methyl sites for hydroxylation is 1. The van der Waals surface area contributed by atoms with Crippen LogP contribution in [0.1, 0.15) is 56.6 Å². The molecular formula is C27H33N5O5S. The van der Waals surface area contributed by atoms with Crippen LogP contribution in [0.2, 0.25) is 0 Å². The van der Waals surface area contributed by atoms with Crippen LogP contribution in [-0.2, 0) is 16.4 Å². The molecule has 10 nitrogen and oxygen atoms in total. The molecule has 2 aromatic carbocycles. The summed E-state index contributed by atoms with van der Waals surface area (Å²) in [5, 5.41) is 14.1. The van der Waals surface area contributed by atoms with Gasteiger partial charge in [-0.15, -0.1) is 5.10 Å². The molecule has 38 heavy (non-hydrogen) atoms. The van der Waals surface area contributed by atoms with Crippen molar-refractivity contribution >= 4 is 15.5 Å².